The second kappa shape index (κ2) is 37.7. The first-order valence-corrected chi connectivity index (χ1v) is 21.4. The van der Waals surface area contributed by atoms with Crippen LogP contribution in [0.2, 0.25) is 0 Å². The van der Waals surface area contributed by atoms with Crippen LogP contribution in [0.4, 0.5) is 0 Å². The molecule has 290 valence electrons. The van der Waals surface area contributed by atoms with E-state index >= 15 is 0 Å². The summed E-state index contributed by atoms with van der Waals surface area (Å²) in [5.74, 6) is -0.114. The number of carbonyl (C=O) groups is 3. The summed E-state index contributed by atoms with van der Waals surface area (Å²) >= 11 is 0. The molecule has 0 saturated heterocycles. The van der Waals surface area contributed by atoms with Crippen molar-refractivity contribution in [1.29, 1.82) is 0 Å². The summed E-state index contributed by atoms with van der Waals surface area (Å²) in [5.41, 5.74) is 0. The predicted octanol–water partition coefficient (Wildman–Crippen LogP) is 13.2. The van der Waals surface area contributed by atoms with Gasteiger partial charge in [0.15, 0.2) is 6.10 Å². The molecular formula is C43H82O6. The van der Waals surface area contributed by atoms with Crippen molar-refractivity contribution < 1.29 is 28.6 Å². The summed E-state index contributed by atoms with van der Waals surface area (Å²) in [6, 6.07) is 0. The molecular weight excluding hydrogens is 612 g/mol. The van der Waals surface area contributed by atoms with Gasteiger partial charge in [-0.15, -0.1) is 0 Å². The molecule has 0 N–H and O–H groups in total. The van der Waals surface area contributed by atoms with Gasteiger partial charge in [-0.3, -0.25) is 14.4 Å². The molecule has 0 aromatic heterocycles. The fraction of sp³-hybridized carbons (Fsp3) is 0.930. The monoisotopic (exact) mass is 695 g/mol. The molecule has 0 bridgehead atoms. The Kier molecular flexibility index (Phi) is 36.4. The number of esters is 3. The van der Waals surface area contributed by atoms with E-state index in [1.807, 2.05) is 0 Å². The van der Waals surface area contributed by atoms with Crippen molar-refractivity contribution >= 4 is 17.9 Å². The van der Waals surface area contributed by atoms with E-state index in [2.05, 4.69) is 27.7 Å². The number of rotatable bonds is 38. The van der Waals surface area contributed by atoms with Gasteiger partial charge in [0, 0.05) is 19.3 Å². The van der Waals surface area contributed by atoms with Gasteiger partial charge in [-0.25, -0.2) is 0 Å². The van der Waals surface area contributed by atoms with Crippen LogP contribution in [0, 0.1) is 5.92 Å². The van der Waals surface area contributed by atoms with Gasteiger partial charge >= 0.3 is 17.9 Å². The lowest BCUT2D eigenvalue weighted by Gasteiger charge is -2.18. The molecule has 6 heteroatoms. The fourth-order valence-corrected chi connectivity index (χ4v) is 6.27. The predicted molar refractivity (Wildman–Crippen MR) is 206 cm³/mol. The molecule has 0 aromatic carbocycles. The molecule has 0 rings (SSSR count). The van der Waals surface area contributed by atoms with Crippen LogP contribution in [-0.2, 0) is 28.6 Å². The van der Waals surface area contributed by atoms with Crippen molar-refractivity contribution in [2.24, 2.45) is 5.92 Å². The number of unbranched alkanes of at least 4 members (excludes halogenated alkanes) is 25. The molecule has 0 aromatic rings. The average molecular weight is 695 g/mol. The van der Waals surface area contributed by atoms with Crippen LogP contribution in [0.15, 0.2) is 0 Å². The topological polar surface area (TPSA) is 78.9 Å². The number of carbonyl (C=O) groups excluding carboxylic acids is 3. The maximum Gasteiger partial charge on any atom is 0.306 e. The molecule has 0 heterocycles. The van der Waals surface area contributed by atoms with Crippen molar-refractivity contribution in [3.63, 3.8) is 0 Å². The van der Waals surface area contributed by atoms with Gasteiger partial charge in [0.25, 0.3) is 0 Å². The van der Waals surface area contributed by atoms with Crippen LogP contribution in [-0.4, -0.2) is 37.2 Å². The van der Waals surface area contributed by atoms with E-state index in [-0.39, 0.29) is 31.1 Å². The number of ether oxygens (including phenoxy) is 3. The summed E-state index contributed by atoms with van der Waals surface area (Å²) in [5, 5.41) is 0. The van der Waals surface area contributed by atoms with Gasteiger partial charge in [0.1, 0.15) is 13.2 Å². The molecule has 0 fully saturated rings. The van der Waals surface area contributed by atoms with Gasteiger partial charge in [0.05, 0.1) is 0 Å². The van der Waals surface area contributed by atoms with E-state index in [0.717, 1.165) is 70.1 Å². The van der Waals surface area contributed by atoms with Crippen LogP contribution in [0.5, 0.6) is 0 Å². The Morgan fingerprint density at radius 2 is 0.673 bits per heavy atom. The van der Waals surface area contributed by atoms with E-state index < -0.39 is 6.10 Å². The van der Waals surface area contributed by atoms with Crippen LogP contribution in [0.3, 0.4) is 0 Å². The SMILES string of the molecule is CCCCCCCCCCCCCCCCCCCC(=O)OC[C@H](COC(=O)CCCCCCCCC(C)C)OC(=O)CCCCCCC. The second-order valence-corrected chi connectivity index (χ2v) is 15.1. The van der Waals surface area contributed by atoms with Gasteiger partial charge in [-0.1, -0.05) is 195 Å². The van der Waals surface area contributed by atoms with Crippen molar-refractivity contribution in [2.75, 3.05) is 13.2 Å². The zero-order chi connectivity index (χ0) is 36.0. The third-order valence-corrected chi connectivity index (χ3v) is 9.54. The first-order valence-electron chi connectivity index (χ1n) is 21.4. The first-order chi connectivity index (χ1) is 23.9. The zero-order valence-electron chi connectivity index (χ0n) is 33.1. The number of hydrogen-bond acceptors (Lipinski definition) is 6. The Bertz CT molecular complexity index is 736. The molecule has 0 aliphatic heterocycles. The average Bonchev–Trinajstić information content (AvgIpc) is 3.08. The van der Waals surface area contributed by atoms with Crippen molar-refractivity contribution in [3.8, 4) is 0 Å². The maximum atomic E-state index is 12.5. The standard InChI is InChI=1S/C43H82O6/c1-5-7-9-11-12-13-14-15-16-17-18-19-20-21-22-27-30-34-41(44)47-37-40(49-43(46)36-32-25-10-8-6-2)38-48-42(45)35-31-28-24-23-26-29-33-39(3)4/h39-40H,5-38H2,1-4H3/t40-/m1/s1. The maximum absolute atomic E-state index is 12.5. The van der Waals surface area contributed by atoms with Crippen molar-refractivity contribution in [1.82, 2.24) is 0 Å². The van der Waals surface area contributed by atoms with Gasteiger partial charge in [0.2, 0.25) is 0 Å². The van der Waals surface area contributed by atoms with E-state index in [0.29, 0.717) is 19.3 Å². The highest BCUT2D eigenvalue weighted by molar-refractivity contribution is 5.71. The van der Waals surface area contributed by atoms with Gasteiger partial charge in [-0.2, -0.15) is 0 Å². The minimum atomic E-state index is -0.757. The van der Waals surface area contributed by atoms with E-state index in [1.165, 1.54) is 122 Å². The van der Waals surface area contributed by atoms with Gasteiger partial charge < -0.3 is 14.2 Å². The zero-order valence-corrected chi connectivity index (χ0v) is 33.1. The normalized spacial score (nSPS) is 11.9. The number of hydrogen-bond donors (Lipinski definition) is 0. The lowest BCUT2D eigenvalue weighted by Crippen LogP contribution is -2.30. The van der Waals surface area contributed by atoms with Crippen LogP contribution in [0.25, 0.3) is 0 Å². The highest BCUT2D eigenvalue weighted by Crippen LogP contribution is 2.16. The smallest absolute Gasteiger partial charge is 0.306 e. The van der Waals surface area contributed by atoms with E-state index in [4.69, 9.17) is 14.2 Å². The molecule has 1 atom stereocenters. The minimum Gasteiger partial charge on any atom is -0.462 e. The van der Waals surface area contributed by atoms with E-state index in [9.17, 15) is 14.4 Å². The molecule has 0 aliphatic rings. The summed E-state index contributed by atoms with van der Waals surface area (Å²) < 4.78 is 16.5. The lowest BCUT2D eigenvalue weighted by atomic mass is 10.0. The fourth-order valence-electron chi connectivity index (χ4n) is 6.27. The highest BCUT2D eigenvalue weighted by Gasteiger charge is 2.19. The summed E-state index contributed by atoms with van der Waals surface area (Å²) in [6.07, 6.45) is 35.6. The van der Waals surface area contributed by atoms with Gasteiger partial charge in [-0.05, 0) is 25.2 Å². The van der Waals surface area contributed by atoms with Crippen LogP contribution < -0.4 is 0 Å². The second-order valence-electron chi connectivity index (χ2n) is 15.1. The molecule has 0 radical (unpaired) electrons. The summed E-state index contributed by atoms with van der Waals surface area (Å²) in [7, 11) is 0. The summed E-state index contributed by atoms with van der Waals surface area (Å²) in [4.78, 5) is 37.3. The van der Waals surface area contributed by atoms with Crippen molar-refractivity contribution in [3.05, 3.63) is 0 Å². The molecule has 0 saturated carbocycles. The Morgan fingerprint density at radius 3 is 1.00 bits per heavy atom. The first kappa shape index (κ1) is 47.4. The van der Waals surface area contributed by atoms with Crippen LogP contribution in [0.1, 0.15) is 233 Å². The highest BCUT2D eigenvalue weighted by atomic mass is 16.6. The van der Waals surface area contributed by atoms with E-state index in [1.54, 1.807) is 0 Å². The molecule has 6 nitrogen and oxygen atoms in total. The van der Waals surface area contributed by atoms with Crippen molar-refractivity contribution in [2.45, 2.75) is 239 Å². The Balaban J connectivity index is 4.10. The summed E-state index contributed by atoms with van der Waals surface area (Å²) in [6.45, 7) is 8.83. The molecule has 0 unspecified atom stereocenters. The Morgan fingerprint density at radius 1 is 0.388 bits per heavy atom. The molecule has 49 heavy (non-hydrogen) atoms. The Hall–Kier alpha value is -1.59. The van der Waals surface area contributed by atoms with Crippen LogP contribution >= 0.6 is 0 Å². The molecule has 0 aliphatic carbocycles. The third-order valence-electron chi connectivity index (χ3n) is 9.54. The largest absolute Gasteiger partial charge is 0.462 e. The third kappa shape index (κ3) is 37.5. The Labute approximate surface area is 304 Å². The molecule has 0 spiro atoms. The lowest BCUT2D eigenvalue weighted by molar-refractivity contribution is -0.167. The quantitative estimate of drug-likeness (QED) is 0.0364. The molecule has 0 amide bonds. The minimum absolute atomic E-state index is 0.0664.